The Balaban J connectivity index is 2.74. The van der Waals surface area contributed by atoms with E-state index in [9.17, 15) is 9.59 Å². The van der Waals surface area contributed by atoms with Crippen LogP contribution in [0.2, 0.25) is 0 Å². The largest absolute Gasteiger partial charge is 0.444 e. The van der Waals surface area contributed by atoms with Gasteiger partial charge in [-0.3, -0.25) is 10.1 Å². The highest BCUT2D eigenvalue weighted by molar-refractivity contribution is 5.97. The molecule has 0 aliphatic carbocycles. The van der Waals surface area contributed by atoms with E-state index in [0.29, 0.717) is 17.8 Å². The predicted molar refractivity (Wildman–Crippen MR) is 68.7 cm³/mol. The van der Waals surface area contributed by atoms with E-state index in [1.54, 1.807) is 33.8 Å². The molecule has 1 N–H and O–H groups in total. The van der Waals surface area contributed by atoms with Crippen LogP contribution in [0.1, 0.15) is 44.5 Å². The lowest BCUT2D eigenvalue weighted by Gasteiger charge is -2.19. The molecule has 0 unspecified atom stereocenters. The molecule has 0 radical (unpaired) electrons. The number of anilines is 1. The summed E-state index contributed by atoms with van der Waals surface area (Å²) in [6.07, 6.45) is 1.31. The Kier molecular flexibility index (Phi) is 4.42. The van der Waals surface area contributed by atoms with Crippen LogP contribution in [0.3, 0.4) is 0 Å². The molecular formula is C13H18N2O3. The van der Waals surface area contributed by atoms with Crippen LogP contribution in [0, 0.1) is 0 Å². The second-order valence-electron chi connectivity index (χ2n) is 4.83. The topological polar surface area (TPSA) is 68.3 Å². The lowest BCUT2D eigenvalue weighted by Crippen LogP contribution is -2.27. The van der Waals surface area contributed by atoms with Crippen molar-refractivity contribution in [1.29, 1.82) is 0 Å². The Hall–Kier alpha value is -1.91. The summed E-state index contributed by atoms with van der Waals surface area (Å²) >= 11 is 0. The van der Waals surface area contributed by atoms with Gasteiger partial charge in [-0.1, -0.05) is 6.92 Å². The van der Waals surface area contributed by atoms with E-state index >= 15 is 0 Å². The zero-order valence-corrected chi connectivity index (χ0v) is 11.1. The smallest absolute Gasteiger partial charge is 0.413 e. The lowest BCUT2D eigenvalue weighted by atomic mass is 10.1. The number of hydrogen-bond donors (Lipinski definition) is 1. The number of pyridine rings is 1. The van der Waals surface area contributed by atoms with Gasteiger partial charge >= 0.3 is 6.09 Å². The molecule has 0 aliphatic heterocycles. The molecule has 18 heavy (non-hydrogen) atoms. The first kappa shape index (κ1) is 14.2. The van der Waals surface area contributed by atoms with Crippen LogP contribution in [0.5, 0.6) is 0 Å². The average molecular weight is 250 g/mol. The number of nitrogens with one attached hydrogen (secondary N) is 1. The van der Waals surface area contributed by atoms with Gasteiger partial charge in [0.2, 0.25) is 0 Å². The molecule has 1 heterocycles. The molecule has 0 aromatic carbocycles. The van der Waals surface area contributed by atoms with Crippen LogP contribution < -0.4 is 5.32 Å². The number of carbonyl (C=O) groups is 2. The van der Waals surface area contributed by atoms with E-state index in [1.165, 1.54) is 12.3 Å². The summed E-state index contributed by atoms with van der Waals surface area (Å²) in [5.41, 5.74) is -0.0421. The van der Waals surface area contributed by atoms with Crippen molar-refractivity contribution in [3.8, 4) is 0 Å². The Labute approximate surface area is 107 Å². The molecule has 5 heteroatoms. The van der Waals surface area contributed by atoms with Crippen LogP contribution in [0.15, 0.2) is 18.3 Å². The minimum atomic E-state index is -0.587. The first-order valence-corrected chi connectivity index (χ1v) is 5.81. The fourth-order valence-corrected chi connectivity index (χ4v) is 1.28. The van der Waals surface area contributed by atoms with Crippen molar-refractivity contribution in [2.75, 3.05) is 5.32 Å². The lowest BCUT2D eigenvalue weighted by molar-refractivity contribution is 0.0635. The molecule has 0 fully saturated rings. The van der Waals surface area contributed by atoms with Crippen LogP contribution >= 0.6 is 0 Å². The third kappa shape index (κ3) is 4.53. The predicted octanol–water partition coefficient (Wildman–Crippen LogP) is 3.02. The third-order valence-electron chi connectivity index (χ3n) is 2.03. The summed E-state index contributed by atoms with van der Waals surface area (Å²) < 4.78 is 5.09. The second-order valence-corrected chi connectivity index (χ2v) is 4.83. The SMILES string of the molecule is CCC(=O)c1ccnc(NC(=O)OC(C)(C)C)c1. The standard InChI is InChI=1S/C13H18N2O3/c1-5-10(16)9-6-7-14-11(8-9)15-12(17)18-13(2,3)4/h6-8H,5H2,1-4H3,(H,14,15,17). The number of Topliss-reactive ketones (excluding diaryl/α,β-unsaturated/α-hetero) is 1. The summed E-state index contributed by atoms with van der Waals surface area (Å²) in [4.78, 5) is 27.0. The molecule has 98 valence electrons. The number of amides is 1. The van der Waals surface area contributed by atoms with Crippen molar-refractivity contribution >= 4 is 17.7 Å². The van der Waals surface area contributed by atoms with Crippen molar-refractivity contribution in [1.82, 2.24) is 4.98 Å². The van der Waals surface area contributed by atoms with E-state index in [2.05, 4.69) is 10.3 Å². The molecule has 1 aromatic heterocycles. The van der Waals surface area contributed by atoms with Crippen molar-refractivity contribution in [2.45, 2.75) is 39.7 Å². The zero-order chi connectivity index (χ0) is 13.8. The highest BCUT2D eigenvalue weighted by atomic mass is 16.6. The highest BCUT2D eigenvalue weighted by Crippen LogP contribution is 2.12. The van der Waals surface area contributed by atoms with Gasteiger partial charge in [-0.25, -0.2) is 9.78 Å². The summed E-state index contributed by atoms with van der Waals surface area (Å²) in [6.45, 7) is 7.11. The Bertz CT molecular complexity index is 450. The maximum atomic E-state index is 11.5. The fraction of sp³-hybridized carbons (Fsp3) is 0.462. The van der Waals surface area contributed by atoms with Crippen molar-refractivity contribution < 1.29 is 14.3 Å². The molecule has 0 saturated heterocycles. The average Bonchev–Trinajstić information content (AvgIpc) is 2.25. The number of nitrogens with zero attached hydrogens (tertiary/aromatic N) is 1. The second kappa shape index (κ2) is 5.62. The Morgan fingerprint density at radius 2 is 2.06 bits per heavy atom. The van der Waals surface area contributed by atoms with Crippen LogP contribution in [-0.4, -0.2) is 22.5 Å². The molecule has 0 atom stereocenters. The summed E-state index contributed by atoms with van der Waals surface area (Å²) in [6, 6.07) is 3.15. The fourth-order valence-electron chi connectivity index (χ4n) is 1.28. The third-order valence-corrected chi connectivity index (χ3v) is 2.03. The summed E-state index contributed by atoms with van der Waals surface area (Å²) in [5, 5.41) is 2.49. The van der Waals surface area contributed by atoms with E-state index in [1.807, 2.05) is 0 Å². The van der Waals surface area contributed by atoms with Gasteiger partial charge in [0.25, 0.3) is 0 Å². The zero-order valence-electron chi connectivity index (χ0n) is 11.1. The van der Waals surface area contributed by atoms with Gasteiger partial charge in [0.05, 0.1) is 0 Å². The molecule has 0 bridgehead atoms. The van der Waals surface area contributed by atoms with Crippen molar-refractivity contribution in [2.24, 2.45) is 0 Å². The van der Waals surface area contributed by atoms with Crippen molar-refractivity contribution in [3.05, 3.63) is 23.9 Å². The van der Waals surface area contributed by atoms with Gasteiger partial charge in [-0.2, -0.15) is 0 Å². The van der Waals surface area contributed by atoms with Gasteiger partial charge in [-0.05, 0) is 32.9 Å². The molecule has 1 aromatic rings. The molecule has 0 spiro atoms. The number of ketones is 1. The number of hydrogen-bond acceptors (Lipinski definition) is 4. The minimum absolute atomic E-state index is 0.00430. The van der Waals surface area contributed by atoms with Gasteiger partial charge in [-0.15, -0.1) is 0 Å². The molecule has 0 saturated carbocycles. The Morgan fingerprint density at radius 1 is 1.39 bits per heavy atom. The van der Waals surface area contributed by atoms with Gasteiger partial charge < -0.3 is 4.74 Å². The van der Waals surface area contributed by atoms with E-state index in [-0.39, 0.29) is 5.78 Å². The number of aromatic nitrogens is 1. The van der Waals surface area contributed by atoms with Gasteiger partial charge in [0, 0.05) is 18.2 Å². The molecule has 0 aliphatic rings. The first-order chi connectivity index (χ1) is 8.31. The number of ether oxygens (including phenoxy) is 1. The number of rotatable bonds is 3. The maximum absolute atomic E-state index is 11.5. The van der Waals surface area contributed by atoms with Crippen molar-refractivity contribution in [3.63, 3.8) is 0 Å². The minimum Gasteiger partial charge on any atom is -0.444 e. The molecule has 1 amide bonds. The summed E-state index contributed by atoms with van der Waals surface area (Å²) in [7, 11) is 0. The normalized spacial score (nSPS) is 10.9. The maximum Gasteiger partial charge on any atom is 0.413 e. The van der Waals surface area contributed by atoms with Crippen LogP contribution in [0.25, 0.3) is 0 Å². The Morgan fingerprint density at radius 3 is 2.61 bits per heavy atom. The molecule has 5 nitrogen and oxygen atoms in total. The van der Waals surface area contributed by atoms with E-state index in [0.717, 1.165) is 0 Å². The van der Waals surface area contributed by atoms with E-state index < -0.39 is 11.7 Å². The number of carbonyl (C=O) groups excluding carboxylic acids is 2. The quantitative estimate of drug-likeness (QED) is 0.837. The van der Waals surface area contributed by atoms with Gasteiger partial charge in [0.15, 0.2) is 5.78 Å². The van der Waals surface area contributed by atoms with E-state index in [4.69, 9.17) is 4.74 Å². The first-order valence-electron chi connectivity index (χ1n) is 5.81. The highest BCUT2D eigenvalue weighted by Gasteiger charge is 2.16. The summed E-state index contributed by atoms with van der Waals surface area (Å²) in [5.74, 6) is 0.313. The van der Waals surface area contributed by atoms with Gasteiger partial charge in [0.1, 0.15) is 11.4 Å². The molecule has 1 rings (SSSR count). The van der Waals surface area contributed by atoms with Crippen LogP contribution in [-0.2, 0) is 4.74 Å². The molecular weight excluding hydrogens is 232 g/mol. The monoisotopic (exact) mass is 250 g/mol. The van der Waals surface area contributed by atoms with Crippen LogP contribution in [0.4, 0.5) is 10.6 Å².